The van der Waals surface area contributed by atoms with Crippen LogP contribution >= 0.6 is 0 Å². The quantitative estimate of drug-likeness (QED) is 0.778. The van der Waals surface area contributed by atoms with Crippen LogP contribution in [-0.4, -0.2) is 67.9 Å². The highest BCUT2D eigenvalue weighted by Gasteiger charge is 2.20. The van der Waals surface area contributed by atoms with Crippen molar-refractivity contribution >= 4 is 17.5 Å². The molecular weight excluding hydrogens is 378 g/mol. The lowest BCUT2D eigenvalue weighted by molar-refractivity contribution is 0.0942. The molecule has 1 aliphatic heterocycles. The first-order valence-corrected chi connectivity index (χ1v) is 9.49. The smallest absolute Gasteiger partial charge is 0.261 e. The number of anilines is 1. The van der Waals surface area contributed by atoms with Gasteiger partial charge in [0.1, 0.15) is 17.2 Å². The van der Waals surface area contributed by atoms with Crippen LogP contribution in [0.2, 0.25) is 0 Å². The predicted octanol–water partition coefficient (Wildman–Crippen LogP) is 2.19. The Balaban J connectivity index is 1.62. The average Bonchev–Trinajstić information content (AvgIpc) is 2.69. The molecule has 1 fully saturated rings. The van der Waals surface area contributed by atoms with Crippen LogP contribution in [0.5, 0.6) is 0 Å². The molecule has 2 N–H and O–H groups in total. The van der Waals surface area contributed by atoms with Gasteiger partial charge in [-0.05, 0) is 31.3 Å². The molecule has 6 nitrogen and oxygen atoms in total. The van der Waals surface area contributed by atoms with Crippen molar-refractivity contribution in [2.75, 3.05) is 51.6 Å². The Hall–Kier alpha value is -2.84. The van der Waals surface area contributed by atoms with Gasteiger partial charge in [0.2, 0.25) is 0 Å². The number of benzene rings is 2. The van der Waals surface area contributed by atoms with Crippen molar-refractivity contribution in [3.63, 3.8) is 0 Å². The topological polar surface area (TPSA) is 64.7 Å². The van der Waals surface area contributed by atoms with Crippen LogP contribution in [0.15, 0.2) is 42.5 Å². The fourth-order valence-electron chi connectivity index (χ4n) is 3.18. The fraction of sp³-hybridized carbons (Fsp3) is 0.333. The lowest BCUT2D eigenvalue weighted by atomic mass is 10.1. The molecule has 0 radical (unpaired) electrons. The minimum absolute atomic E-state index is 0.192. The molecule has 0 unspecified atom stereocenters. The van der Waals surface area contributed by atoms with Crippen molar-refractivity contribution in [3.05, 3.63) is 65.2 Å². The average molecular weight is 402 g/mol. The zero-order valence-corrected chi connectivity index (χ0v) is 16.3. The van der Waals surface area contributed by atoms with Gasteiger partial charge in [0, 0.05) is 39.3 Å². The monoisotopic (exact) mass is 402 g/mol. The summed E-state index contributed by atoms with van der Waals surface area (Å²) < 4.78 is 27.7. The third-order valence-electron chi connectivity index (χ3n) is 4.92. The number of nitrogens with zero attached hydrogens (tertiary/aromatic N) is 2. The molecule has 3 rings (SSSR count). The number of para-hydroxylation sites is 1. The molecular formula is C21H24F2N4O2. The molecule has 0 atom stereocenters. The Labute approximate surface area is 168 Å². The van der Waals surface area contributed by atoms with Crippen LogP contribution < -0.4 is 10.6 Å². The van der Waals surface area contributed by atoms with Gasteiger partial charge in [-0.15, -0.1) is 0 Å². The largest absolute Gasteiger partial charge is 0.351 e. The van der Waals surface area contributed by atoms with Crippen LogP contribution in [-0.2, 0) is 0 Å². The number of hydrogen-bond acceptors (Lipinski definition) is 4. The zero-order chi connectivity index (χ0) is 20.8. The summed E-state index contributed by atoms with van der Waals surface area (Å²) in [6.07, 6.45) is 0. The van der Waals surface area contributed by atoms with Gasteiger partial charge in [0.15, 0.2) is 0 Å². The van der Waals surface area contributed by atoms with E-state index in [1.54, 1.807) is 18.2 Å². The van der Waals surface area contributed by atoms with Gasteiger partial charge in [0.05, 0.1) is 11.3 Å². The molecule has 2 aromatic rings. The summed E-state index contributed by atoms with van der Waals surface area (Å²) in [4.78, 5) is 29.4. The highest BCUT2D eigenvalue weighted by molar-refractivity contribution is 6.09. The number of nitrogens with one attached hydrogen (secondary N) is 2. The molecule has 0 aliphatic carbocycles. The number of likely N-dealkylation sites (N-methyl/N-ethyl adjacent to an activating group) is 1. The van der Waals surface area contributed by atoms with E-state index in [1.165, 1.54) is 12.1 Å². The minimum atomic E-state index is -0.961. The van der Waals surface area contributed by atoms with Crippen molar-refractivity contribution < 1.29 is 18.4 Å². The Morgan fingerprint density at radius 2 is 1.59 bits per heavy atom. The maximum Gasteiger partial charge on any atom is 0.261 e. The molecule has 0 bridgehead atoms. The van der Waals surface area contributed by atoms with Gasteiger partial charge in [-0.3, -0.25) is 14.5 Å². The Morgan fingerprint density at radius 3 is 2.28 bits per heavy atom. The normalized spacial score (nSPS) is 15.1. The molecule has 1 heterocycles. The molecule has 1 saturated heterocycles. The summed E-state index contributed by atoms with van der Waals surface area (Å²) in [5.41, 5.74) is -0.258. The summed E-state index contributed by atoms with van der Waals surface area (Å²) in [6, 6.07) is 9.57. The van der Waals surface area contributed by atoms with E-state index in [1.807, 2.05) is 0 Å². The van der Waals surface area contributed by atoms with Crippen LogP contribution in [0.1, 0.15) is 20.7 Å². The van der Waals surface area contributed by atoms with Crippen molar-refractivity contribution in [2.45, 2.75) is 0 Å². The lowest BCUT2D eigenvalue weighted by Crippen LogP contribution is -2.46. The van der Waals surface area contributed by atoms with E-state index in [0.717, 1.165) is 44.9 Å². The summed E-state index contributed by atoms with van der Waals surface area (Å²) in [7, 11) is 2.08. The second-order valence-electron chi connectivity index (χ2n) is 7.00. The summed E-state index contributed by atoms with van der Waals surface area (Å²) >= 11 is 0. The van der Waals surface area contributed by atoms with Crippen molar-refractivity contribution in [2.24, 2.45) is 0 Å². The number of carbonyl (C=O) groups excluding carboxylic acids is 2. The van der Waals surface area contributed by atoms with Crippen LogP contribution in [0.4, 0.5) is 14.5 Å². The highest BCUT2D eigenvalue weighted by atomic mass is 19.1. The van der Waals surface area contributed by atoms with Gasteiger partial charge in [-0.25, -0.2) is 8.78 Å². The summed E-state index contributed by atoms with van der Waals surface area (Å²) in [5, 5.41) is 5.28. The summed E-state index contributed by atoms with van der Waals surface area (Å²) in [5.74, 6) is -3.23. The number of carbonyl (C=O) groups is 2. The Morgan fingerprint density at radius 1 is 0.931 bits per heavy atom. The first-order chi connectivity index (χ1) is 14.0. The van der Waals surface area contributed by atoms with Gasteiger partial charge in [0.25, 0.3) is 11.8 Å². The van der Waals surface area contributed by atoms with Crippen LogP contribution in [0.3, 0.4) is 0 Å². The van der Waals surface area contributed by atoms with E-state index in [-0.39, 0.29) is 17.2 Å². The molecule has 0 aromatic heterocycles. The maximum absolute atomic E-state index is 13.8. The second-order valence-corrected chi connectivity index (χ2v) is 7.00. The van der Waals surface area contributed by atoms with Gasteiger partial charge in [-0.1, -0.05) is 18.2 Å². The van der Waals surface area contributed by atoms with Crippen molar-refractivity contribution in [3.8, 4) is 0 Å². The second kappa shape index (κ2) is 9.58. The van der Waals surface area contributed by atoms with Crippen LogP contribution in [0.25, 0.3) is 0 Å². The SMILES string of the molecule is CN1CCN(CCNC(=O)c2ccccc2NC(=O)c2c(F)cccc2F)CC1. The van der Waals surface area contributed by atoms with Gasteiger partial charge >= 0.3 is 0 Å². The first kappa shape index (κ1) is 20.9. The van der Waals surface area contributed by atoms with E-state index in [0.29, 0.717) is 6.54 Å². The molecule has 0 saturated carbocycles. The Kier molecular flexibility index (Phi) is 6.90. The lowest BCUT2D eigenvalue weighted by Gasteiger charge is -2.32. The summed E-state index contributed by atoms with van der Waals surface area (Å²) in [6.45, 7) is 5.09. The van der Waals surface area contributed by atoms with E-state index in [9.17, 15) is 18.4 Å². The molecule has 154 valence electrons. The molecule has 0 spiro atoms. The van der Waals surface area contributed by atoms with Crippen LogP contribution in [0, 0.1) is 11.6 Å². The zero-order valence-electron chi connectivity index (χ0n) is 16.3. The van der Waals surface area contributed by atoms with Gasteiger partial charge in [-0.2, -0.15) is 0 Å². The highest BCUT2D eigenvalue weighted by Crippen LogP contribution is 2.19. The third kappa shape index (κ3) is 5.36. The number of rotatable bonds is 6. The van der Waals surface area contributed by atoms with Gasteiger partial charge < -0.3 is 15.5 Å². The molecule has 1 aliphatic rings. The minimum Gasteiger partial charge on any atom is -0.351 e. The predicted molar refractivity (Wildman–Crippen MR) is 107 cm³/mol. The third-order valence-corrected chi connectivity index (χ3v) is 4.92. The number of hydrogen-bond donors (Lipinski definition) is 2. The fourth-order valence-corrected chi connectivity index (χ4v) is 3.18. The number of amides is 2. The standard InChI is InChI=1S/C21H24F2N4O2/c1-26-11-13-27(14-12-26)10-9-24-20(28)15-5-2-3-8-18(15)25-21(29)19-16(22)6-4-7-17(19)23/h2-8H,9-14H2,1H3,(H,24,28)(H,25,29). The van der Waals surface area contributed by atoms with E-state index >= 15 is 0 Å². The van der Waals surface area contributed by atoms with Crippen molar-refractivity contribution in [1.82, 2.24) is 15.1 Å². The molecule has 8 heteroatoms. The number of piperazine rings is 1. The number of halogens is 2. The Bertz CT molecular complexity index is 862. The molecule has 2 aromatic carbocycles. The van der Waals surface area contributed by atoms with E-state index < -0.39 is 23.1 Å². The molecule has 29 heavy (non-hydrogen) atoms. The first-order valence-electron chi connectivity index (χ1n) is 9.49. The molecule has 2 amide bonds. The van der Waals surface area contributed by atoms with E-state index in [4.69, 9.17) is 0 Å². The van der Waals surface area contributed by atoms with Crippen molar-refractivity contribution in [1.29, 1.82) is 0 Å². The maximum atomic E-state index is 13.8. The van der Waals surface area contributed by atoms with E-state index in [2.05, 4.69) is 27.5 Å².